The van der Waals surface area contributed by atoms with Crippen molar-refractivity contribution >= 4 is 29.2 Å². The average Bonchev–Trinajstić information content (AvgIpc) is 3.17. The molecule has 6 heteroatoms. The highest BCUT2D eigenvalue weighted by molar-refractivity contribution is 6.30. The molecule has 0 bridgehead atoms. The summed E-state index contributed by atoms with van der Waals surface area (Å²) < 4.78 is 0. The molecule has 3 rings (SSSR count). The molecule has 1 unspecified atom stereocenters. The van der Waals surface area contributed by atoms with Crippen LogP contribution >= 0.6 is 11.6 Å². The van der Waals surface area contributed by atoms with Crippen LogP contribution in [0.15, 0.2) is 24.3 Å². The summed E-state index contributed by atoms with van der Waals surface area (Å²) in [5.74, 6) is 0.509. The molecule has 1 aromatic rings. The maximum atomic E-state index is 12.0. The predicted octanol–water partition coefficient (Wildman–Crippen LogP) is 1.76. The molecule has 20 heavy (non-hydrogen) atoms. The lowest BCUT2D eigenvalue weighted by Crippen LogP contribution is -2.43. The number of benzene rings is 1. The number of nitrogens with zero attached hydrogens (tertiary/aromatic N) is 1. The summed E-state index contributed by atoms with van der Waals surface area (Å²) in [5.41, 5.74) is 0.701. The molecule has 0 spiro atoms. The van der Waals surface area contributed by atoms with Gasteiger partial charge >= 0.3 is 6.03 Å². The van der Waals surface area contributed by atoms with Gasteiger partial charge in [0.25, 0.3) is 0 Å². The Bertz CT molecular complexity index is 545. The molecule has 1 atom stereocenters. The van der Waals surface area contributed by atoms with Gasteiger partial charge in [-0.1, -0.05) is 17.7 Å². The monoisotopic (exact) mass is 293 g/mol. The number of carbonyl (C=O) groups excluding carboxylic acids is 2. The Kier molecular flexibility index (Phi) is 3.53. The summed E-state index contributed by atoms with van der Waals surface area (Å²) in [6.07, 6.45) is 2.37. The van der Waals surface area contributed by atoms with E-state index >= 15 is 0 Å². The lowest BCUT2D eigenvalue weighted by Gasteiger charge is -2.14. The third-order valence-electron chi connectivity index (χ3n) is 3.61. The van der Waals surface area contributed by atoms with Gasteiger partial charge in [-0.15, -0.1) is 0 Å². The van der Waals surface area contributed by atoms with Crippen LogP contribution in [0.5, 0.6) is 0 Å². The number of hydrogen-bond acceptors (Lipinski definition) is 2. The third kappa shape index (κ3) is 2.88. The van der Waals surface area contributed by atoms with Crippen LogP contribution < -0.4 is 15.5 Å². The SMILES string of the molecule is O=C(NCC1CC1)C1CN(c2cccc(Cl)c2)C(=O)N1. The fourth-order valence-corrected chi connectivity index (χ4v) is 2.43. The van der Waals surface area contributed by atoms with Crippen molar-refractivity contribution in [2.75, 3.05) is 18.0 Å². The molecule has 2 fully saturated rings. The fourth-order valence-electron chi connectivity index (χ4n) is 2.24. The third-order valence-corrected chi connectivity index (χ3v) is 3.84. The van der Waals surface area contributed by atoms with Gasteiger partial charge in [0.1, 0.15) is 6.04 Å². The second kappa shape index (κ2) is 5.32. The Balaban J connectivity index is 1.63. The van der Waals surface area contributed by atoms with Crippen molar-refractivity contribution in [3.63, 3.8) is 0 Å². The van der Waals surface area contributed by atoms with E-state index in [4.69, 9.17) is 11.6 Å². The van der Waals surface area contributed by atoms with E-state index in [-0.39, 0.29) is 11.9 Å². The molecule has 5 nitrogen and oxygen atoms in total. The Labute approximate surface area is 122 Å². The molecule has 0 aromatic heterocycles. The molecule has 1 heterocycles. The van der Waals surface area contributed by atoms with E-state index in [0.717, 1.165) is 0 Å². The summed E-state index contributed by atoms with van der Waals surface area (Å²) in [6.45, 7) is 1.04. The van der Waals surface area contributed by atoms with Crippen LogP contribution in [0.3, 0.4) is 0 Å². The standard InChI is InChI=1S/C14H16ClN3O2/c15-10-2-1-3-11(6-10)18-8-12(17-14(18)20)13(19)16-7-9-4-5-9/h1-3,6,9,12H,4-5,7-8H2,(H,16,19)(H,17,20). The fraction of sp³-hybridized carbons (Fsp3) is 0.429. The van der Waals surface area contributed by atoms with Gasteiger partial charge in [0.2, 0.25) is 5.91 Å². The topological polar surface area (TPSA) is 61.4 Å². The van der Waals surface area contributed by atoms with Gasteiger partial charge in [-0.3, -0.25) is 9.69 Å². The smallest absolute Gasteiger partial charge is 0.322 e. The number of hydrogen-bond donors (Lipinski definition) is 2. The van der Waals surface area contributed by atoms with Crippen LogP contribution in [0.1, 0.15) is 12.8 Å². The quantitative estimate of drug-likeness (QED) is 0.889. The van der Waals surface area contributed by atoms with E-state index in [1.54, 1.807) is 24.3 Å². The first-order valence-electron chi connectivity index (χ1n) is 6.75. The molecule has 1 aliphatic heterocycles. The molecule has 1 saturated carbocycles. The molecule has 0 radical (unpaired) electrons. The van der Waals surface area contributed by atoms with E-state index in [9.17, 15) is 9.59 Å². The van der Waals surface area contributed by atoms with Crippen molar-refractivity contribution in [3.05, 3.63) is 29.3 Å². The van der Waals surface area contributed by atoms with Gasteiger partial charge in [-0.25, -0.2) is 4.79 Å². The van der Waals surface area contributed by atoms with Crippen LogP contribution in [0.4, 0.5) is 10.5 Å². The summed E-state index contributed by atoms with van der Waals surface area (Å²) >= 11 is 5.92. The van der Waals surface area contributed by atoms with Crippen molar-refractivity contribution in [2.24, 2.45) is 5.92 Å². The minimum absolute atomic E-state index is 0.116. The minimum Gasteiger partial charge on any atom is -0.354 e. The summed E-state index contributed by atoms with van der Waals surface area (Å²) in [6, 6.07) is 6.28. The zero-order chi connectivity index (χ0) is 14.1. The zero-order valence-electron chi connectivity index (χ0n) is 10.9. The molecule has 1 aliphatic carbocycles. The molecule has 2 aliphatic rings. The van der Waals surface area contributed by atoms with E-state index < -0.39 is 6.04 Å². The van der Waals surface area contributed by atoms with Crippen molar-refractivity contribution in [2.45, 2.75) is 18.9 Å². The normalized spacial score (nSPS) is 21.8. The van der Waals surface area contributed by atoms with E-state index in [0.29, 0.717) is 29.7 Å². The van der Waals surface area contributed by atoms with Crippen LogP contribution in [0.2, 0.25) is 5.02 Å². The van der Waals surface area contributed by atoms with Gasteiger partial charge in [0.15, 0.2) is 0 Å². The van der Waals surface area contributed by atoms with Crippen molar-refractivity contribution < 1.29 is 9.59 Å². The highest BCUT2D eigenvalue weighted by atomic mass is 35.5. The maximum Gasteiger partial charge on any atom is 0.322 e. The number of nitrogens with one attached hydrogen (secondary N) is 2. The second-order valence-electron chi connectivity index (χ2n) is 5.28. The molecule has 1 saturated heterocycles. The van der Waals surface area contributed by atoms with Crippen molar-refractivity contribution in [1.29, 1.82) is 0 Å². The molecule has 1 aromatic carbocycles. The summed E-state index contributed by atoms with van der Waals surface area (Å²) in [4.78, 5) is 25.5. The van der Waals surface area contributed by atoms with Crippen LogP contribution in [-0.2, 0) is 4.79 Å². The average molecular weight is 294 g/mol. The Morgan fingerprint density at radius 1 is 1.45 bits per heavy atom. The summed E-state index contributed by atoms with van der Waals surface area (Å²) in [7, 11) is 0. The number of anilines is 1. The highest BCUT2D eigenvalue weighted by Crippen LogP contribution is 2.27. The lowest BCUT2D eigenvalue weighted by molar-refractivity contribution is -0.122. The minimum atomic E-state index is -0.500. The lowest BCUT2D eigenvalue weighted by atomic mass is 10.2. The first-order chi connectivity index (χ1) is 9.63. The van der Waals surface area contributed by atoms with Gasteiger partial charge in [-0.2, -0.15) is 0 Å². The maximum absolute atomic E-state index is 12.0. The Morgan fingerprint density at radius 3 is 2.95 bits per heavy atom. The number of urea groups is 1. The second-order valence-corrected chi connectivity index (χ2v) is 5.72. The van der Waals surface area contributed by atoms with Crippen molar-refractivity contribution in [1.82, 2.24) is 10.6 Å². The number of halogens is 1. The van der Waals surface area contributed by atoms with E-state index in [1.807, 2.05) is 0 Å². The van der Waals surface area contributed by atoms with Crippen LogP contribution in [0, 0.1) is 5.92 Å². The van der Waals surface area contributed by atoms with Gasteiger partial charge < -0.3 is 10.6 Å². The highest BCUT2D eigenvalue weighted by Gasteiger charge is 2.35. The summed E-state index contributed by atoms with van der Waals surface area (Å²) in [5, 5.41) is 6.15. The van der Waals surface area contributed by atoms with Gasteiger partial charge in [0.05, 0.1) is 6.54 Å². The van der Waals surface area contributed by atoms with Gasteiger partial charge in [-0.05, 0) is 37.0 Å². The first kappa shape index (κ1) is 13.2. The molecular weight excluding hydrogens is 278 g/mol. The Morgan fingerprint density at radius 2 is 2.25 bits per heavy atom. The van der Waals surface area contributed by atoms with E-state index in [1.165, 1.54) is 17.7 Å². The number of rotatable bonds is 4. The largest absolute Gasteiger partial charge is 0.354 e. The van der Waals surface area contributed by atoms with Crippen molar-refractivity contribution in [3.8, 4) is 0 Å². The predicted molar refractivity (Wildman–Crippen MR) is 76.9 cm³/mol. The number of carbonyl (C=O) groups is 2. The van der Waals surface area contributed by atoms with Crippen LogP contribution in [-0.4, -0.2) is 31.1 Å². The van der Waals surface area contributed by atoms with Gasteiger partial charge in [0, 0.05) is 17.3 Å². The molecular formula is C14H16ClN3O2. The van der Waals surface area contributed by atoms with E-state index in [2.05, 4.69) is 10.6 Å². The molecule has 106 valence electrons. The number of amides is 3. The zero-order valence-corrected chi connectivity index (χ0v) is 11.7. The first-order valence-corrected chi connectivity index (χ1v) is 7.12. The molecule has 3 amide bonds. The van der Waals surface area contributed by atoms with Crippen LogP contribution in [0.25, 0.3) is 0 Å². The Hall–Kier alpha value is -1.75. The molecule has 2 N–H and O–H groups in total.